The van der Waals surface area contributed by atoms with Gasteiger partial charge in [0.2, 0.25) is 5.91 Å². The van der Waals surface area contributed by atoms with Gasteiger partial charge in [-0.1, -0.05) is 18.2 Å². The summed E-state index contributed by atoms with van der Waals surface area (Å²) in [5.41, 5.74) is 3.00. The topological polar surface area (TPSA) is 112 Å². The van der Waals surface area contributed by atoms with Gasteiger partial charge in [0.1, 0.15) is 12.7 Å². The smallest absolute Gasteiger partial charge is 0.269 e. The van der Waals surface area contributed by atoms with Gasteiger partial charge in [-0.15, -0.1) is 0 Å². The van der Waals surface area contributed by atoms with Gasteiger partial charge in [-0.05, 0) is 30.7 Å². The third-order valence-electron chi connectivity index (χ3n) is 5.83. The Bertz CT molecular complexity index is 1270. The highest BCUT2D eigenvalue weighted by atomic mass is 16.6. The van der Waals surface area contributed by atoms with E-state index in [-0.39, 0.29) is 24.1 Å². The zero-order valence-electron chi connectivity index (χ0n) is 17.7. The molecule has 2 aromatic heterocycles. The number of aromatic nitrogens is 5. The van der Waals surface area contributed by atoms with Crippen molar-refractivity contribution in [3.8, 4) is 16.9 Å². The van der Waals surface area contributed by atoms with Crippen LogP contribution in [-0.2, 0) is 11.2 Å². The molecule has 0 bridgehead atoms. The maximum absolute atomic E-state index is 13.2. The molecule has 4 aromatic rings. The van der Waals surface area contributed by atoms with E-state index in [4.69, 9.17) is 5.10 Å². The second kappa shape index (κ2) is 8.65. The molecule has 1 amide bonds. The van der Waals surface area contributed by atoms with Crippen molar-refractivity contribution in [1.29, 1.82) is 0 Å². The number of benzene rings is 2. The molecule has 2 aromatic carbocycles. The molecule has 33 heavy (non-hydrogen) atoms. The maximum atomic E-state index is 13.2. The fraction of sp³-hybridized carbons (Fsp3) is 0.217. The number of nitrogens with zero attached hydrogens (tertiary/aromatic N) is 7. The Morgan fingerprint density at radius 1 is 1.12 bits per heavy atom. The molecule has 0 spiro atoms. The number of hydrogen-bond donors (Lipinski definition) is 0. The lowest BCUT2D eigenvalue weighted by Gasteiger charge is -2.16. The van der Waals surface area contributed by atoms with E-state index < -0.39 is 4.92 Å². The second-order valence-electron chi connectivity index (χ2n) is 7.92. The molecule has 1 fully saturated rings. The highest BCUT2D eigenvalue weighted by Gasteiger charge is 2.29. The summed E-state index contributed by atoms with van der Waals surface area (Å²) in [6.45, 7) is 1.24. The average molecular weight is 443 g/mol. The molecule has 10 nitrogen and oxygen atoms in total. The van der Waals surface area contributed by atoms with E-state index in [0.717, 1.165) is 23.2 Å². The van der Waals surface area contributed by atoms with Crippen molar-refractivity contribution in [2.75, 3.05) is 13.1 Å². The van der Waals surface area contributed by atoms with Gasteiger partial charge in [-0.3, -0.25) is 14.9 Å². The summed E-state index contributed by atoms with van der Waals surface area (Å²) in [6, 6.07) is 16.0. The molecule has 1 atom stereocenters. The van der Waals surface area contributed by atoms with Crippen LogP contribution in [0.5, 0.6) is 0 Å². The lowest BCUT2D eigenvalue weighted by molar-refractivity contribution is -0.384. The molecule has 0 saturated carbocycles. The van der Waals surface area contributed by atoms with Crippen LogP contribution in [0.4, 0.5) is 5.69 Å². The maximum Gasteiger partial charge on any atom is 0.269 e. The number of carbonyl (C=O) groups excluding carboxylic acids is 1. The van der Waals surface area contributed by atoms with E-state index in [1.807, 2.05) is 41.4 Å². The first-order chi connectivity index (χ1) is 16.1. The molecular formula is C23H21N7O3. The highest BCUT2D eigenvalue weighted by molar-refractivity contribution is 5.81. The molecule has 10 heteroatoms. The minimum Gasteiger partial charge on any atom is -0.340 e. The van der Waals surface area contributed by atoms with Crippen LogP contribution < -0.4 is 0 Å². The van der Waals surface area contributed by atoms with Crippen LogP contribution in [0.3, 0.4) is 0 Å². The van der Waals surface area contributed by atoms with Gasteiger partial charge < -0.3 is 4.90 Å². The Morgan fingerprint density at radius 2 is 1.91 bits per heavy atom. The van der Waals surface area contributed by atoms with E-state index in [1.54, 1.807) is 27.8 Å². The summed E-state index contributed by atoms with van der Waals surface area (Å²) in [6.07, 6.45) is 6.04. The van der Waals surface area contributed by atoms with Gasteiger partial charge >= 0.3 is 0 Å². The normalized spacial score (nSPS) is 15.6. The molecule has 0 aliphatic carbocycles. The lowest BCUT2D eigenvalue weighted by Crippen LogP contribution is -2.30. The van der Waals surface area contributed by atoms with E-state index >= 15 is 0 Å². The van der Waals surface area contributed by atoms with Crippen LogP contribution in [0, 0.1) is 10.1 Å². The number of amides is 1. The van der Waals surface area contributed by atoms with Crippen LogP contribution in [0.25, 0.3) is 16.9 Å². The first-order valence-electron chi connectivity index (χ1n) is 10.6. The molecule has 1 aliphatic heterocycles. The summed E-state index contributed by atoms with van der Waals surface area (Å²) in [5, 5.41) is 19.9. The molecule has 1 aliphatic rings. The Morgan fingerprint density at radius 3 is 2.61 bits per heavy atom. The van der Waals surface area contributed by atoms with E-state index in [9.17, 15) is 14.9 Å². The minimum atomic E-state index is -0.435. The molecule has 166 valence electrons. The van der Waals surface area contributed by atoms with E-state index in [1.165, 1.54) is 18.5 Å². The van der Waals surface area contributed by atoms with Gasteiger partial charge in [0.15, 0.2) is 0 Å². The van der Waals surface area contributed by atoms with E-state index in [2.05, 4.69) is 10.1 Å². The monoisotopic (exact) mass is 443 g/mol. The number of carbonyl (C=O) groups is 1. The standard InChI is InChI=1S/C23H21N7O3/c31-22(27-11-10-21(14-27)29-16-24-15-25-29)12-18-13-28(19-4-2-1-3-5-19)26-23(18)17-6-8-20(9-7-17)30(32)33/h1-9,13,15-16,21H,10-12,14H2. The van der Waals surface area contributed by atoms with E-state index in [0.29, 0.717) is 18.8 Å². The van der Waals surface area contributed by atoms with Crippen molar-refractivity contribution < 1.29 is 9.72 Å². The largest absolute Gasteiger partial charge is 0.340 e. The fourth-order valence-electron chi connectivity index (χ4n) is 4.10. The van der Waals surface area contributed by atoms with Gasteiger partial charge in [-0.2, -0.15) is 10.2 Å². The Balaban J connectivity index is 1.42. The molecule has 1 unspecified atom stereocenters. The quantitative estimate of drug-likeness (QED) is 0.334. The predicted octanol–water partition coefficient (Wildman–Crippen LogP) is 3.06. The van der Waals surface area contributed by atoms with Crippen molar-refractivity contribution in [2.45, 2.75) is 18.9 Å². The number of nitro groups is 1. The van der Waals surface area contributed by atoms with Gasteiger partial charge in [0.05, 0.1) is 28.8 Å². The summed E-state index contributed by atoms with van der Waals surface area (Å²) in [5.74, 6) is 0.00777. The number of hydrogen-bond acceptors (Lipinski definition) is 6. The zero-order valence-corrected chi connectivity index (χ0v) is 17.7. The third-order valence-corrected chi connectivity index (χ3v) is 5.83. The van der Waals surface area contributed by atoms with Crippen molar-refractivity contribution in [2.24, 2.45) is 0 Å². The van der Waals surface area contributed by atoms with Crippen molar-refractivity contribution in [3.05, 3.63) is 89.1 Å². The molecule has 5 rings (SSSR count). The molecule has 1 saturated heterocycles. The van der Waals surface area contributed by atoms with Crippen molar-refractivity contribution in [3.63, 3.8) is 0 Å². The zero-order chi connectivity index (χ0) is 22.8. The number of para-hydroxylation sites is 1. The van der Waals surface area contributed by atoms with Crippen LogP contribution in [0.1, 0.15) is 18.0 Å². The highest BCUT2D eigenvalue weighted by Crippen LogP contribution is 2.28. The number of nitro benzene ring substituents is 1. The minimum absolute atomic E-state index is 0.00777. The second-order valence-corrected chi connectivity index (χ2v) is 7.92. The first-order valence-corrected chi connectivity index (χ1v) is 10.6. The Hall–Kier alpha value is -4.34. The average Bonchev–Trinajstić information content (AvgIpc) is 3.60. The summed E-state index contributed by atoms with van der Waals surface area (Å²) in [7, 11) is 0. The van der Waals surface area contributed by atoms with Crippen molar-refractivity contribution >= 4 is 11.6 Å². The molecule has 0 radical (unpaired) electrons. The van der Waals surface area contributed by atoms with Gasteiger partial charge in [0, 0.05) is 42.5 Å². The van der Waals surface area contributed by atoms with Gasteiger partial charge in [-0.25, -0.2) is 14.3 Å². The number of rotatable bonds is 6. The summed E-state index contributed by atoms with van der Waals surface area (Å²) in [4.78, 5) is 29.6. The predicted molar refractivity (Wildman–Crippen MR) is 120 cm³/mol. The SMILES string of the molecule is O=C(Cc1cn(-c2ccccc2)nc1-c1ccc([N+](=O)[O-])cc1)N1CCC(n2cncn2)C1. The Labute approximate surface area is 189 Å². The molecule has 0 N–H and O–H groups in total. The molecular weight excluding hydrogens is 422 g/mol. The third kappa shape index (κ3) is 4.22. The lowest BCUT2D eigenvalue weighted by atomic mass is 10.1. The number of likely N-dealkylation sites (tertiary alicyclic amines) is 1. The van der Waals surface area contributed by atoms with Gasteiger partial charge in [0.25, 0.3) is 5.69 Å². The van der Waals surface area contributed by atoms with Crippen LogP contribution in [0.15, 0.2) is 73.4 Å². The first kappa shape index (κ1) is 20.6. The summed E-state index contributed by atoms with van der Waals surface area (Å²) >= 11 is 0. The van der Waals surface area contributed by atoms with Crippen LogP contribution >= 0.6 is 0 Å². The van der Waals surface area contributed by atoms with Crippen LogP contribution in [0.2, 0.25) is 0 Å². The molecule has 3 heterocycles. The number of non-ortho nitro benzene ring substituents is 1. The van der Waals surface area contributed by atoms with Crippen LogP contribution in [-0.4, -0.2) is 53.4 Å². The summed E-state index contributed by atoms with van der Waals surface area (Å²) < 4.78 is 3.53. The Kier molecular flexibility index (Phi) is 5.39. The van der Waals surface area contributed by atoms with Crippen molar-refractivity contribution in [1.82, 2.24) is 29.4 Å². The fourth-order valence-corrected chi connectivity index (χ4v) is 4.10.